The first kappa shape index (κ1) is 30.2. The lowest BCUT2D eigenvalue weighted by Gasteiger charge is -2.45. The van der Waals surface area contributed by atoms with Crippen LogP contribution in [0.25, 0.3) is 10.2 Å². The Balaban J connectivity index is 1.36. The molecule has 218 valence electrons. The Hall–Kier alpha value is -2.79. The fourth-order valence-corrected chi connectivity index (χ4v) is 5.39. The van der Waals surface area contributed by atoms with Gasteiger partial charge in [-0.05, 0) is 42.8 Å². The molecule has 2 heterocycles. The maximum absolute atomic E-state index is 15.2. The number of ether oxygens (including phenoxy) is 1. The lowest BCUT2D eigenvalue weighted by atomic mass is 9.98. The summed E-state index contributed by atoms with van der Waals surface area (Å²) in [6, 6.07) is 8.16. The Morgan fingerprint density at radius 3 is 2.20 bits per heavy atom. The second-order valence-corrected chi connectivity index (χ2v) is 11.0. The number of aromatic nitrogens is 1. The maximum atomic E-state index is 15.2. The van der Waals surface area contributed by atoms with Gasteiger partial charge in [-0.15, -0.1) is 0 Å². The van der Waals surface area contributed by atoms with E-state index in [1.165, 1.54) is 35.6 Å². The molecule has 1 aromatic heterocycles. The zero-order valence-corrected chi connectivity index (χ0v) is 23.1. The molecule has 11 heteroatoms. The third kappa shape index (κ3) is 6.40. The van der Waals surface area contributed by atoms with Gasteiger partial charge in [-0.1, -0.05) is 87.5 Å². The van der Waals surface area contributed by atoms with Gasteiger partial charge >= 0.3 is 12.0 Å². The molecule has 2 aromatic carbocycles. The highest BCUT2D eigenvalue weighted by molar-refractivity contribution is 7.20. The summed E-state index contributed by atoms with van der Waals surface area (Å²) in [5.74, 6) is -11.3. The van der Waals surface area contributed by atoms with Crippen LogP contribution in [-0.4, -0.2) is 34.2 Å². The van der Waals surface area contributed by atoms with E-state index in [-0.39, 0.29) is 29.6 Å². The highest BCUT2D eigenvalue weighted by atomic mass is 32.1. The van der Waals surface area contributed by atoms with Crippen molar-refractivity contribution in [1.82, 2.24) is 15.2 Å². The molecule has 0 radical (unpaired) electrons. The van der Waals surface area contributed by atoms with Crippen molar-refractivity contribution >= 4 is 21.6 Å². The Labute approximate surface area is 234 Å². The SMILES string of the molecule is CCCCCCCCCCNC1(F)C(F)=CN(Cc2ccc(Oc3nc4ccccc4s3)cc2)C(F)(F)C1(F)F. The van der Waals surface area contributed by atoms with Gasteiger partial charge in [0.25, 0.3) is 11.0 Å². The van der Waals surface area contributed by atoms with Crippen LogP contribution in [-0.2, 0) is 6.54 Å². The second kappa shape index (κ2) is 12.8. The summed E-state index contributed by atoms with van der Waals surface area (Å²) >= 11 is 1.32. The molecule has 0 amide bonds. The minimum Gasteiger partial charge on any atom is -0.431 e. The molecular weight excluding hydrogens is 552 g/mol. The molecule has 1 aliphatic rings. The molecule has 3 aromatic rings. The number of para-hydroxylation sites is 1. The first-order chi connectivity index (χ1) is 19.1. The molecule has 1 unspecified atom stereocenters. The van der Waals surface area contributed by atoms with Crippen LogP contribution >= 0.6 is 11.3 Å². The largest absolute Gasteiger partial charge is 0.431 e. The van der Waals surface area contributed by atoms with Crippen molar-refractivity contribution in [3.05, 3.63) is 66.1 Å². The Morgan fingerprint density at radius 2 is 1.52 bits per heavy atom. The summed E-state index contributed by atoms with van der Waals surface area (Å²) in [7, 11) is 0. The number of thiazole rings is 1. The first-order valence-electron chi connectivity index (χ1n) is 13.5. The van der Waals surface area contributed by atoms with Crippen molar-refractivity contribution in [3.8, 4) is 10.9 Å². The van der Waals surface area contributed by atoms with E-state index in [0.717, 1.165) is 48.7 Å². The summed E-state index contributed by atoms with van der Waals surface area (Å²) in [6.07, 6.45) is 7.18. The molecule has 0 saturated heterocycles. The van der Waals surface area contributed by atoms with Gasteiger partial charge in [0.2, 0.25) is 0 Å². The number of hydrogen-bond acceptors (Lipinski definition) is 5. The van der Waals surface area contributed by atoms with Gasteiger partial charge in [0.15, 0.2) is 5.83 Å². The lowest BCUT2D eigenvalue weighted by molar-refractivity contribution is -0.332. The summed E-state index contributed by atoms with van der Waals surface area (Å²) < 4.78 is 96.0. The van der Waals surface area contributed by atoms with Gasteiger partial charge in [0, 0.05) is 12.7 Å². The number of hydrogen-bond donors (Lipinski definition) is 1. The highest BCUT2D eigenvalue weighted by Gasteiger charge is 2.76. The fourth-order valence-electron chi connectivity index (χ4n) is 4.56. The molecule has 4 nitrogen and oxygen atoms in total. The zero-order chi connectivity index (χ0) is 28.8. The molecular formula is C29H33F6N3OS. The van der Waals surface area contributed by atoms with E-state index in [1.807, 2.05) is 24.3 Å². The number of rotatable bonds is 14. The van der Waals surface area contributed by atoms with Gasteiger partial charge < -0.3 is 9.64 Å². The minimum absolute atomic E-state index is 0.129. The second-order valence-electron chi connectivity index (χ2n) is 9.97. The number of nitrogens with one attached hydrogen (secondary N) is 1. The lowest BCUT2D eigenvalue weighted by Crippen LogP contribution is -2.70. The predicted octanol–water partition coefficient (Wildman–Crippen LogP) is 9.34. The van der Waals surface area contributed by atoms with Crippen molar-refractivity contribution in [2.24, 2.45) is 0 Å². The van der Waals surface area contributed by atoms with Crippen LogP contribution in [0.5, 0.6) is 10.9 Å². The third-order valence-electron chi connectivity index (χ3n) is 6.92. The molecule has 1 N–H and O–H groups in total. The standard InChI is InChI=1S/C29H33F6N3OS/c1-2-3-4-5-6-7-8-11-18-36-27(31)25(30)20-38(29(34,35)28(27,32)33)19-21-14-16-22(17-15-21)39-26-37-23-12-9-10-13-24(23)40-26/h9-10,12-17,20,36H,2-8,11,18-19H2,1H3. The third-order valence-corrected chi connectivity index (χ3v) is 7.84. The number of nitrogens with zero attached hydrogens (tertiary/aromatic N) is 2. The summed E-state index contributed by atoms with van der Waals surface area (Å²) in [5, 5.41) is 2.12. The van der Waals surface area contributed by atoms with Gasteiger partial charge in [-0.2, -0.15) is 17.6 Å². The van der Waals surface area contributed by atoms with Crippen LogP contribution in [0.1, 0.15) is 63.9 Å². The number of alkyl halides is 5. The molecule has 0 spiro atoms. The van der Waals surface area contributed by atoms with Crippen LogP contribution in [0.15, 0.2) is 60.6 Å². The summed E-state index contributed by atoms with van der Waals surface area (Å²) in [6.45, 7) is 0.981. The molecule has 0 saturated carbocycles. The Kier molecular flexibility index (Phi) is 9.66. The van der Waals surface area contributed by atoms with Gasteiger partial charge in [-0.3, -0.25) is 5.32 Å². The van der Waals surface area contributed by atoms with E-state index in [1.54, 1.807) is 5.32 Å². The van der Waals surface area contributed by atoms with Crippen molar-refractivity contribution in [2.45, 2.75) is 82.6 Å². The van der Waals surface area contributed by atoms with E-state index < -0.39 is 30.1 Å². The van der Waals surface area contributed by atoms with Gasteiger partial charge in [-0.25, -0.2) is 13.8 Å². The summed E-state index contributed by atoms with van der Waals surface area (Å²) in [5.41, 5.74) is 0.937. The van der Waals surface area contributed by atoms with Crippen LogP contribution in [0, 0.1) is 0 Å². The molecule has 4 rings (SSSR count). The topological polar surface area (TPSA) is 37.4 Å². The number of unbranched alkanes of at least 4 members (excludes halogenated alkanes) is 7. The maximum Gasteiger partial charge on any atom is 0.393 e. The summed E-state index contributed by atoms with van der Waals surface area (Å²) in [4.78, 5) is 4.18. The van der Waals surface area contributed by atoms with Crippen LogP contribution in [0.4, 0.5) is 26.3 Å². The molecule has 1 aliphatic heterocycles. The van der Waals surface area contributed by atoms with E-state index in [4.69, 9.17) is 4.74 Å². The van der Waals surface area contributed by atoms with Gasteiger partial charge in [0.1, 0.15) is 5.75 Å². The first-order valence-corrected chi connectivity index (χ1v) is 14.4. The molecule has 1 atom stereocenters. The van der Waals surface area contributed by atoms with Gasteiger partial charge in [0.05, 0.1) is 10.2 Å². The van der Waals surface area contributed by atoms with Crippen LogP contribution in [0.2, 0.25) is 0 Å². The van der Waals surface area contributed by atoms with Crippen molar-refractivity contribution < 1.29 is 31.1 Å². The van der Waals surface area contributed by atoms with Crippen LogP contribution in [0.3, 0.4) is 0 Å². The molecule has 0 fully saturated rings. The molecule has 40 heavy (non-hydrogen) atoms. The molecule has 0 aliphatic carbocycles. The minimum atomic E-state index is -5.35. The van der Waals surface area contributed by atoms with E-state index in [9.17, 15) is 22.0 Å². The number of fused-ring (bicyclic) bond motifs is 1. The quantitative estimate of drug-likeness (QED) is 0.116. The van der Waals surface area contributed by atoms with Crippen molar-refractivity contribution in [1.29, 1.82) is 0 Å². The smallest absolute Gasteiger partial charge is 0.393 e. The number of benzene rings is 2. The van der Waals surface area contributed by atoms with E-state index in [2.05, 4.69) is 11.9 Å². The van der Waals surface area contributed by atoms with Crippen molar-refractivity contribution in [2.75, 3.05) is 6.54 Å². The Bertz CT molecular complexity index is 1250. The molecule has 0 bridgehead atoms. The average Bonchev–Trinajstić information content (AvgIpc) is 3.34. The monoisotopic (exact) mass is 585 g/mol. The average molecular weight is 586 g/mol. The zero-order valence-electron chi connectivity index (χ0n) is 22.2. The van der Waals surface area contributed by atoms with Crippen LogP contribution < -0.4 is 10.1 Å². The highest BCUT2D eigenvalue weighted by Crippen LogP contribution is 2.52. The van der Waals surface area contributed by atoms with E-state index >= 15 is 4.39 Å². The fraction of sp³-hybridized carbons (Fsp3) is 0.483. The van der Waals surface area contributed by atoms with Crippen molar-refractivity contribution in [3.63, 3.8) is 0 Å². The number of halogens is 6. The Morgan fingerprint density at radius 1 is 0.875 bits per heavy atom. The van der Waals surface area contributed by atoms with E-state index in [0.29, 0.717) is 17.4 Å². The normalized spacial score (nSPS) is 20.1. The predicted molar refractivity (Wildman–Crippen MR) is 145 cm³/mol.